The first-order valence-electron chi connectivity index (χ1n) is 8.75. The number of amides is 2. The lowest BCUT2D eigenvalue weighted by molar-refractivity contribution is -0.146. The van der Waals surface area contributed by atoms with E-state index in [1.807, 2.05) is 6.92 Å². The van der Waals surface area contributed by atoms with E-state index in [-0.39, 0.29) is 18.1 Å². The second-order valence-electron chi connectivity index (χ2n) is 5.89. The van der Waals surface area contributed by atoms with Crippen LogP contribution in [0.15, 0.2) is 27.6 Å². The highest BCUT2D eigenvalue weighted by atomic mass is 79.9. The fourth-order valence-electron chi connectivity index (χ4n) is 2.24. The number of carbonyl (C=O) groups is 4. The van der Waals surface area contributed by atoms with E-state index in [1.165, 1.54) is 13.2 Å². The second-order valence-corrected chi connectivity index (χ2v) is 7.80. The fraction of sp³-hybridized carbons (Fsp3) is 0.368. The van der Waals surface area contributed by atoms with Crippen molar-refractivity contribution in [3.8, 4) is 5.75 Å². The first kappa shape index (κ1) is 23.0. The number of nitrogens with zero attached hydrogens (tertiary/aromatic N) is 1. The number of carbonyl (C=O) groups excluding carboxylic acids is 4. The van der Waals surface area contributed by atoms with Gasteiger partial charge in [-0.15, -0.1) is 0 Å². The van der Waals surface area contributed by atoms with Gasteiger partial charge >= 0.3 is 11.9 Å². The molecule has 1 heterocycles. The number of halogens is 1. The van der Waals surface area contributed by atoms with Gasteiger partial charge < -0.3 is 14.2 Å². The SMILES string of the molecule is CCCCOC(=O)CN1C(=O)S/C(=C/c2cc(Br)ccc2OCC(=O)OC)C1=O. The Bertz CT molecular complexity index is 840. The van der Waals surface area contributed by atoms with E-state index in [4.69, 9.17) is 9.47 Å². The van der Waals surface area contributed by atoms with Crippen molar-refractivity contribution in [2.24, 2.45) is 0 Å². The minimum atomic E-state index is -0.633. The average Bonchev–Trinajstić information content (AvgIpc) is 2.94. The summed E-state index contributed by atoms with van der Waals surface area (Å²) in [4.78, 5) is 48.9. The van der Waals surface area contributed by atoms with E-state index < -0.39 is 29.6 Å². The van der Waals surface area contributed by atoms with Gasteiger partial charge in [0.2, 0.25) is 0 Å². The third-order valence-electron chi connectivity index (χ3n) is 3.75. The van der Waals surface area contributed by atoms with Crippen molar-refractivity contribution < 1.29 is 33.4 Å². The van der Waals surface area contributed by atoms with Gasteiger partial charge in [0.25, 0.3) is 11.1 Å². The molecule has 29 heavy (non-hydrogen) atoms. The van der Waals surface area contributed by atoms with Gasteiger partial charge in [0.15, 0.2) is 6.61 Å². The molecule has 0 saturated carbocycles. The molecule has 1 fully saturated rings. The van der Waals surface area contributed by atoms with Crippen LogP contribution in [0.25, 0.3) is 6.08 Å². The fourth-order valence-corrected chi connectivity index (χ4v) is 3.45. The Kier molecular flexibility index (Phi) is 8.71. The van der Waals surface area contributed by atoms with Crippen LogP contribution in [0.3, 0.4) is 0 Å². The number of imide groups is 1. The van der Waals surface area contributed by atoms with Crippen LogP contribution < -0.4 is 4.74 Å². The summed E-state index contributed by atoms with van der Waals surface area (Å²) in [6, 6.07) is 5.01. The molecule has 2 rings (SSSR count). The number of rotatable bonds is 9. The molecule has 0 N–H and O–H groups in total. The van der Waals surface area contributed by atoms with E-state index in [1.54, 1.807) is 18.2 Å². The van der Waals surface area contributed by atoms with Crippen LogP contribution in [-0.4, -0.2) is 54.9 Å². The van der Waals surface area contributed by atoms with E-state index in [0.29, 0.717) is 22.2 Å². The van der Waals surface area contributed by atoms with E-state index in [9.17, 15) is 19.2 Å². The molecular formula is C19H20BrNO7S. The summed E-state index contributed by atoms with van der Waals surface area (Å²) < 4.78 is 15.7. The lowest BCUT2D eigenvalue weighted by Crippen LogP contribution is -2.34. The van der Waals surface area contributed by atoms with E-state index >= 15 is 0 Å². The molecule has 1 saturated heterocycles. The Labute approximate surface area is 180 Å². The molecule has 156 valence electrons. The third kappa shape index (κ3) is 6.60. The van der Waals surface area contributed by atoms with Crippen LogP contribution in [0.2, 0.25) is 0 Å². The molecular weight excluding hydrogens is 466 g/mol. The summed E-state index contributed by atoms with van der Waals surface area (Å²) in [5.74, 6) is -1.44. The summed E-state index contributed by atoms with van der Waals surface area (Å²) >= 11 is 4.05. The highest BCUT2D eigenvalue weighted by Gasteiger charge is 2.36. The number of benzene rings is 1. The summed E-state index contributed by atoms with van der Waals surface area (Å²) in [6.45, 7) is 1.47. The van der Waals surface area contributed by atoms with Crippen molar-refractivity contribution in [1.82, 2.24) is 4.90 Å². The molecule has 1 aromatic carbocycles. The Morgan fingerprint density at radius 2 is 2.00 bits per heavy atom. The largest absolute Gasteiger partial charge is 0.481 e. The van der Waals surface area contributed by atoms with Gasteiger partial charge in [0, 0.05) is 10.0 Å². The van der Waals surface area contributed by atoms with Gasteiger partial charge in [-0.25, -0.2) is 4.79 Å². The van der Waals surface area contributed by atoms with Gasteiger partial charge in [0.05, 0.1) is 18.6 Å². The van der Waals surface area contributed by atoms with Crippen molar-refractivity contribution in [2.45, 2.75) is 19.8 Å². The molecule has 0 radical (unpaired) electrons. The first-order valence-corrected chi connectivity index (χ1v) is 10.4. The van der Waals surface area contributed by atoms with Crippen molar-refractivity contribution in [1.29, 1.82) is 0 Å². The van der Waals surface area contributed by atoms with Gasteiger partial charge in [-0.2, -0.15) is 0 Å². The Morgan fingerprint density at radius 3 is 2.69 bits per heavy atom. The Morgan fingerprint density at radius 1 is 1.24 bits per heavy atom. The zero-order chi connectivity index (χ0) is 21.4. The number of thioether (sulfide) groups is 1. The van der Waals surface area contributed by atoms with Gasteiger partial charge in [-0.1, -0.05) is 29.3 Å². The maximum Gasteiger partial charge on any atom is 0.343 e. The number of hydrogen-bond donors (Lipinski definition) is 0. The maximum atomic E-state index is 12.6. The normalized spacial score (nSPS) is 15.0. The van der Waals surface area contributed by atoms with E-state index in [0.717, 1.165) is 23.1 Å². The molecule has 0 aromatic heterocycles. The van der Waals surface area contributed by atoms with Crippen LogP contribution in [0, 0.1) is 0 Å². The van der Waals surface area contributed by atoms with Crippen LogP contribution in [-0.2, 0) is 23.9 Å². The summed E-state index contributed by atoms with van der Waals surface area (Å²) in [5.41, 5.74) is 0.485. The van der Waals surface area contributed by atoms with Crippen molar-refractivity contribution in [3.05, 3.63) is 33.1 Å². The highest BCUT2D eigenvalue weighted by molar-refractivity contribution is 9.10. The van der Waals surface area contributed by atoms with Crippen LogP contribution in [0.1, 0.15) is 25.3 Å². The predicted molar refractivity (Wildman–Crippen MR) is 110 cm³/mol. The quantitative estimate of drug-likeness (QED) is 0.298. The molecule has 2 amide bonds. The molecule has 1 aromatic rings. The predicted octanol–water partition coefficient (Wildman–Crippen LogP) is 3.38. The number of methoxy groups -OCH3 is 1. The molecule has 0 bridgehead atoms. The zero-order valence-electron chi connectivity index (χ0n) is 15.9. The molecule has 10 heteroatoms. The molecule has 0 spiro atoms. The second kappa shape index (κ2) is 11.0. The number of unbranched alkanes of at least 4 members (excludes halogenated alkanes) is 1. The average molecular weight is 486 g/mol. The summed E-state index contributed by atoms with van der Waals surface area (Å²) in [7, 11) is 1.25. The zero-order valence-corrected chi connectivity index (χ0v) is 18.3. The number of hydrogen-bond acceptors (Lipinski definition) is 8. The monoisotopic (exact) mass is 485 g/mol. The van der Waals surface area contributed by atoms with E-state index in [2.05, 4.69) is 20.7 Å². The first-order chi connectivity index (χ1) is 13.8. The lowest BCUT2D eigenvalue weighted by Gasteiger charge is -2.12. The minimum Gasteiger partial charge on any atom is -0.481 e. The van der Waals surface area contributed by atoms with Crippen LogP contribution in [0.5, 0.6) is 5.75 Å². The van der Waals surface area contributed by atoms with Crippen molar-refractivity contribution in [2.75, 3.05) is 26.9 Å². The third-order valence-corrected chi connectivity index (χ3v) is 5.15. The molecule has 1 aliphatic rings. The summed E-state index contributed by atoms with van der Waals surface area (Å²) in [5, 5.41) is -0.555. The molecule has 1 aliphatic heterocycles. The molecule has 0 unspecified atom stereocenters. The Hall–Kier alpha value is -2.33. The standard InChI is InChI=1S/C19H20BrNO7S/c1-3-4-7-27-16(22)10-21-18(24)15(29-19(21)25)9-12-8-13(20)5-6-14(12)28-11-17(23)26-2/h5-6,8-9H,3-4,7,10-11H2,1-2H3/b15-9+. The molecule has 8 nitrogen and oxygen atoms in total. The Balaban J connectivity index is 2.15. The van der Waals surface area contributed by atoms with Crippen LogP contribution in [0.4, 0.5) is 4.79 Å². The van der Waals surface area contributed by atoms with Gasteiger partial charge in [-0.05, 0) is 42.5 Å². The topological polar surface area (TPSA) is 99.2 Å². The minimum absolute atomic E-state index is 0.136. The van der Waals surface area contributed by atoms with Crippen LogP contribution >= 0.6 is 27.7 Å². The molecule has 0 atom stereocenters. The lowest BCUT2D eigenvalue weighted by atomic mass is 10.2. The maximum absolute atomic E-state index is 12.6. The smallest absolute Gasteiger partial charge is 0.343 e. The molecule has 0 aliphatic carbocycles. The number of ether oxygens (including phenoxy) is 3. The van der Waals surface area contributed by atoms with Gasteiger partial charge in [0.1, 0.15) is 12.3 Å². The highest BCUT2D eigenvalue weighted by Crippen LogP contribution is 2.34. The van der Waals surface area contributed by atoms with Crippen molar-refractivity contribution >= 4 is 56.9 Å². The van der Waals surface area contributed by atoms with Gasteiger partial charge in [-0.3, -0.25) is 19.3 Å². The number of esters is 2. The van der Waals surface area contributed by atoms with Crippen molar-refractivity contribution in [3.63, 3.8) is 0 Å². The summed E-state index contributed by atoms with van der Waals surface area (Å²) in [6.07, 6.45) is 3.06.